The van der Waals surface area contributed by atoms with Crippen molar-refractivity contribution in [1.29, 1.82) is 0 Å². The Balaban J connectivity index is 1.85. The van der Waals surface area contributed by atoms with Crippen molar-refractivity contribution in [2.24, 2.45) is 0 Å². The number of hydrogen-bond donors (Lipinski definition) is 1. The van der Waals surface area contributed by atoms with E-state index in [0.29, 0.717) is 23.7 Å². The maximum absolute atomic E-state index is 12.1. The van der Waals surface area contributed by atoms with Gasteiger partial charge in [-0.1, -0.05) is 54.9 Å². The molecule has 0 saturated heterocycles. The molecule has 146 valence electrons. The number of carbonyl (C=O) groups is 1. The van der Waals surface area contributed by atoms with E-state index in [2.05, 4.69) is 12.2 Å². The van der Waals surface area contributed by atoms with E-state index in [1.54, 1.807) is 24.3 Å². The number of carbonyl (C=O) groups excluding carboxylic acids is 1. The molecule has 0 fully saturated rings. The van der Waals surface area contributed by atoms with Crippen LogP contribution in [0.5, 0.6) is 0 Å². The second-order valence-electron chi connectivity index (χ2n) is 6.53. The summed E-state index contributed by atoms with van der Waals surface area (Å²) in [7, 11) is -3.45. The number of nitrogens with one attached hydrogen (secondary N) is 1. The van der Waals surface area contributed by atoms with Crippen molar-refractivity contribution in [2.45, 2.75) is 25.7 Å². The molecular formula is C20H25ClN2O3S. The normalized spacial score (nSPS) is 12.4. The van der Waals surface area contributed by atoms with Crippen molar-refractivity contribution in [3.05, 3.63) is 65.2 Å². The fraction of sp³-hybridized carbons (Fsp3) is 0.350. The minimum atomic E-state index is -3.45. The quantitative estimate of drug-likeness (QED) is 0.686. The number of benzene rings is 2. The number of nitrogens with zero attached hydrogens (tertiary/aromatic N) is 1. The number of hydrogen-bond acceptors (Lipinski definition) is 3. The lowest BCUT2D eigenvalue weighted by Crippen LogP contribution is -2.32. The molecule has 27 heavy (non-hydrogen) atoms. The van der Waals surface area contributed by atoms with Gasteiger partial charge in [-0.05, 0) is 36.1 Å². The largest absolute Gasteiger partial charge is 0.356 e. The molecule has 2 rings (SSSR count). The van der Waals surface area contributed by atoms with E-state index in [4.69, 9.17) is 11.6 Å². The third-order valence-electron chi connectivity index (χ3n) is 4.24. The van der Waals surface area contributed by atoms with Gasteiger partial charge in [0.2, 0.25) is 15.9 Å². The number of amides is 1. The van der Waals surface area contributed by atoms with Crippen LogP contribution in [-0.2, 0) is 14.8 Å². The molecular weight excluding hydrogens is 384 g/mol. The van der Waals surface area contributed by atoms with E-state index < -0.39 is 10.0 Å². The highest BCUT2D eigenvalue weighted by Crippen LogP contribution is 2.22. The molecule has 0 unspecified atom stereocenters. The van der Waals surface area contributed by atoms with Crippen molar-refractivity contribution in [2.75, 3.05) is 23.7 Å². The Morgan fingerprint density at radius 2 is 1.85 bits per heavy atom. The van der Waals surface area contributed by atoms with Crippen molar-refractivity contribution >= 4 is 33.2 Å². The maximum Gasteiger partial charge on any atom is 0.232 e. The summed E-state index contributed by atoms with van der Waals surface area (Å²) in [6.45, 7) is 2.83. The second kappa shape index (κ2) is 9.76. The van der Waals surface area contributed by atoms with Crippen molar-refractivity contribution in [1.82, 2.24) is 5.32 Å². The molecule has 0 aliphatic rings. The maximum atomic E-state index is 12.1. The molecule has 2 aromatic carbocycles. The van der Waals surface area contributed by atoms with Gasteiger partial charge in [0.25, 0.3) is 0 Å². The fourth-order valence-electron chi connectivity index (χ4n) is 2.76. The Bertz CT molecular complexity index is 857. The summed E-state index contributed by atoms with van der Waals surface area (Å²) in [4.78, 5) is 12.1. The lowest BCUT2D eigenvalue weighted by atomic mass is 10.0. The molecule has 0 heterocycles. The first-order valence-electron chi connectivity index (χ1n) is 8.82. The van der Waals surface area contributed by atoms with Crippen molar-refractivity contribution < 1.29 is 13.2 Å². The average molecular weight is 409 g/mol. The molecule has 1 N–H and O–H groups in total. The van der Waals surface area contributed by atoms with Gasteiger partial charge >= 0.3 is 0 Å². The van der Waals surface area contributed by atoms with Gasteiger partial charge in [0.1, 0.15) is 0 Å². The molecule has 1 atom stereocenters. The molecule has 0 saturated carbocycles. The number of halogens is 1. The van der Waals surface area contributed by atoms with Gasteiger partial charge in [-0.2, -0.15) is 0 Å². The van der Waals surface area contributed by atoms with Crippen LogP contribution in [0.15, 0.2) is 54.6 Å². The number of anilines is 1. The van der Waals surface area contributed by atoms with Gasteiger partial charge in [0, 0.05) is 24.5 Å². The van der Waals surface area contributed by atoms with Crippen LogP contribution in [0.1, 0.15) is 31.2 Å². The zero-order valence-corrected chi connectivity index (χ0v) is 17.1. The van der Waals surface area contributed by atoms with E-state index in [1.165, 1.54) is 9.87 Å². The summed E-state index contributed by atoms with van der Waals surface area (Å²) in [6, 6.07) is 16.7. The average Bonchev–Trinajstić information content (AvgIpc) is 2.63. The number of sulfonamides is 1. The molecule has 0 aliphatic heterocycles. The summed E-state index contributed by atoms with van der Waals surface area (Å²) in [5, 5.41) is 3.38. The van der Waals surface area contributed by atoms with Crippen LogP contribution in [0, 0.1) is 0 Å². The minimum Gasteiger partial charge on any atom is -0.356 e. The van der Waals surface area contributed by atoms with Crippen LogP contribution >= 0.6 is 11.6 Å². The lowest BCUT2D eigenvalue weighted by molar-refractivity contribution is -0.121. The van der Waals surface area contributed by atoms with Gasteiger partial charge in [-0.25, -0.2) is 8.42 Å². The smallest absolute Gasteiger partial charge is 0.232 e. The van der Waals surface area contributed by atoms with E-state index in [1.807, 2.05) is 30.3 Å². The van der Waals surface area contributed by atoms with Gasteiger partial charge in [-0.3, -0.25) is 9.10 Å². The van der Waals surface area contributed by atoms with Crippen LogP contribution < -0.4 is 9.62 Å². The number of rotatable bonds is 9. The first-order valence-corrected chi connectivity index (χ1v) is 11.0. The van der Waals surface area contributed by atoms with E-state index in [0.717, 1.165) is 6.26 Å². The van der Waals surface area contributed by atoms with Crippen LogP contribution in [0.25, 0.3) is 0 Å². The molecule has 5 nitrogen and oxygen atoms in total. The van der Waals surface area contributed by atoms with E-state index >= 15 is 0 Å². The Kier molecular flexibility index (Phi) is 7.68. The Morgan fingerprint density at radius 3 is 2.48 bits per heavy atom. The summed E-state index contributed by atoms with van der Waals surface area (Å²) in [5.74, 6) is 0.131. The first kappa shape index (κ1) is 21.3. The fourth-order valence-corrected chi connectivity index (χ4v) is 3.90. The standard InChI is InChI=1S/C20H25ClN2O3S/c1-16(17-8-4-3-5-9-17)15-22-20(24)12-7-13-23(27(2,25)26)19-11-6-10-18(21)14-19/h3-6,8-11,14,16H,7,12-13,15H2,1-2H3,(H,22,24)/t16-/m1/s1. The third kappa shape index (κ3) is 6.88. The zero-order chi connectivity index (χ0) is 19.9. The van der Waals surface area contributed by atoms with Gasteiger partial charge in [-0.15, -0.1) is 0 Å². The Morgan fingerprint density at radius 1 is 1.15 bits per heavy atom. The van der Waals surface area contributed by atoms with E-state index in [-0.39, 0.29) is 24.8 Å². The molecule has 0 spiro atoms. The first-order chi connectivity index (χ1) is 12.8. The molecule has 0 bridgehead atoms. The summed E-state index contributed by atoms with van der Waals surface area (Å²) in [5.41, 5.74) is 1.67. The molecule has 0 aromatic heterocycles. The highest BCUT2D eigenvalue weighted by atomic mass is 35.5. The summed E-state index contributed by atoms with van der Waals surface area (Å²) in [6.07, 6.45) is 1.83. The molecule has 1 amide bonds. The Hall–Kier alpha value is -2.05. The van der Waals surface area contributed by atoms with Crippen LogP contribution in [0.4, 0.5) is 5.69 Å². The highest BCUT2D eigenvalue weighted by Gasteiger charge is 2.18. The van der Waals surface area contributed by atoms with Crippen molar-refractivity contribution in [3.8, 4) is 0 Å². The van der Waals surface area contributed by atoms with Crippen LogP contribution in [0.3, 0.4) is 0 Å². The Labute approximate surface area is 166 Å². The third-order valence-corrected chi connectivity index (χ3v) is 5.66. The van der Waals surface area contributed by atoms with Crippen LogP contribution in [-0.4, -0.2) is 33.7 Å². The van der Waals surface area contributed by atoms with Crippen molar-refractivity contribution in [3.63, 3.8) is 0 Å². The van der Waals surface area contributed by atoms with Gasteiger partial charge in [0.05, 0.1) is 11.9 Å². The molecule has 7 heteroatoms. The van der Waals surface area contributed by atoms with Gasteiger partial charge in [0.15, 0.2) is 0 Å². The van der Waals surface area contributed by atoms with E-state index in [9.17, 15) is 13.2 Å². The molecule has 0 radical (unpaired) electrons. The van der Waals surface area contributed by atoms with Crippen LogP contribution in [0.2, 0.25) is 5.02 Å². The minimum absolute atomic E-state index is 0.0858. The molecule has 0 aliphatic carbocycles. The monoisotopic (exact) mass is 408 g/mol. The molecule has 2 aromatic rings. The topological polar surface area (TPSA) is 66.5 Å². The summed E-state index contributed by atoms with van der Waals surface area (Å²) >= 11 is 5.96. The lowest BCUT2D eigenvalue weighted by Gasteiger charge is -2.22. The summed E-state index contributed by atoms with van der Waals surface area (Å²) < 4.78 is 25.4. The SMILES string of the molecule is C[C@H](CNC(=O)CCCN(c1cccc(Cl)c1)S(C)(=O)=O)c1ccccc1. The van der Waals surface area contributed by atoms with Gasteiger partial charge < -0.3 is 5.32 Å². The predicted molar refractivity (Wildman–Crippen MR) is 111 cm³/mol. The predicted octanol–water partition coefficient (Wildman–Crippen LogP) is 3.81. The zero-order valence-electron chi connectivity index (χ0n) is 15.6. The highest BCUT2D eigenvalue weighted by molar-refractivity contribution is 7.92. The second-order valence-corrected chi connectivity index (χ2v) is 8.88.